The molecule has 2 aromatic heterocycles. The molecule has 2 aliphatic carbocycles. The van der Waals surface area contributed by atoms with Gasteiger partial charge in [-0.25, -0.2) is 19.6 Å². The van der Waals surface area contributed by atoms with Crippen LogP contribution in [-0.2, 0) is 23.8 Å². The molecule has 1 unspecified atom stereocenters. The number of hydrogen-bond acceptors (Lipinski definition) is 9. The van der Waals surface area contributed by atoms with Crippen LogP contribution in [0.3, 0.4) is 0 Å². The number of piperidine rings is 1. The van der Waals surface area contributed by atoms with E-state index in [1.165, 1.54) is 19.1 Å². The van der Waals surface area contributed by atoms with Crippen molar-refractivity contribution in [3.63, 3.8) is 0 Å². The minimum atomic E-state index is -0.695. The fourth-order valence-corrected chi connectivity index (χ4v) is 11.8. The number of rotatable bonds is 11. The summed E-state index contributed by atoms with van der Waals surface area (Å²) in [6.07, 6.45) is 8.98. The van der Waals surface area contributed by atoms with Gasteiger partial charge in [0.05, 0.1) is 50.1 Å². The number of ether oxygens (including phenoxy) is 3. The second-order valence-corrected chi connectivity index (χ2v) is 20.2. The third-order valence-corrected chi connectivity index (χ3v) is 15.7. The number of nitrogens with one attached hydrogen (secondary N) is 3. The maximum absolute atomic E-state index is 14.6. The summed E-state index contributed by atoms with van der Waals surface area (Å²) >= 11 is 0. The van der Waals surface area contributed by atoms with E-state index in [0.717, 1.165) is 88.2 Å². The summed E-state index contributed by atoms with van der Waals surface area (Å²) in [6.45, 7) is 7.88. The molecule has 5 aromatic rings. The summed E-state index contributed by atoms with van der Waals surface area (Å²) in [7, 11) is 4.34. The Kier molecular flexibility index (Phi) is 11.8. The minimum Gasteiger partial charge on any atom is -0.453 e. The van der Waals surface area contributed by atoms with Gasteiger partial charge in [-0.2, -0.15) is 0 Å². The number of hydrogen-bond donors (Lipinski definition) is 3. The van der Waals surface area contributed by atoms with Crippen LogP contribution < -0.4 is 5.32 Å². The molecule has 3 aliphatic heterocycles. The summed E-state index contributed by atoms with van der Waals surface area (Å²) in [5.74, 6) is 1.93. The number of aromatic nitrogens is 4. The van der Waals surface area contributed by atoms with E-state index in [1.54, 1.807) is 7.05 Å². The lowest BCUT2D eigenvalue weighted by Crippen LogP contribution is -2.55. The highest BCUT2D eigenvalue weighted by Gasteiger charge is 2.57. The van der Waals surface area contributed by atoms with Gasteiger partial charge in [0, 0.05) is 38.4 Å². The van der Waals surface area contributed by atoms with Gasteiger partial charge in [0.25, 0.3) is 0 Å². The molecule has 5 fully saturated rings. The normalized spacial score (nSPS) is 24.0. The van der Waals surface area contributed by atoms with E-state index in [4.69, 9.17) is 24.2 Å². The Labute approximate surface area is 391 Å². The first-order valence-corrected chi connectivity index (χ1v) is 24.0. The van der Waals surface area contributed by atoms with Crippen LogP contribution in [0.5, 0.6) is 0 Å². The number of aromatic amines is 2. The fraction of sp³-hybridized carbons (Fsp3) is 0.500. The average Bonchev–Trinajstić information content (AvgIpc) is 3.94. The molecule has 5 heterocycles. The Morgan fingerprint density at radius 3 is 2.12 bits per heavy atom. The van der Waals surface area contributed by atoms with Crippen molar-refractivity contribution in [2.24, 2.45) is 29.1 Å². The first-order chi connectivity index (χ1) is 32.3. The number of alkyl carbamates (subject to hydrolysis) is 1. The number of benzene rings is 3. The third-order valence-electron chi connectivity index (χ3n) is 15.7. The summed E-state index contributed by atoms with van der Waals surface area (Å²) in [6, 6.07) is 19.7. The molecular weight excluding hydrogens is 849 g/mol. The van der Waals surface area contributed by atoms with Crippen LogP contribution in [0, 0.1) is 29.1 Å². The second-order valence-electron chi connectivity index (χ2n) is 20.2. The molecule has 67 heavy (non-hydrogen) atoms. The lowest BCUT2D eigenvalue weighted by Gasteiger charge is -2.40. The van der Waals surface area contributed by atoms with Crippen LogP contribution >= 0.6 is 0 Å². The number of imidazole rings is 2. The molecule has 1 spiro atoms. The van der Waals surface area contributed by atoms with Gasteiger partial charge in [0.2, 0.25) is 11.8 Å². The van der Waals surface area contributed by atoms with E-state index >= 15 is 0 Å². The first kappa shape index (κ1) is 44.6. The van der Waals surface area contributed by atoms with Crippen molar-refractivity contribution in [3.8, 4) is 33.6 Å². The smallest absolute Gasteiger partial charge is 0.409 e. The molecule has 3 N–H and O–H groups in total. The quantitative estimate of drug-likeness (QED) is 0.117. The molecule has 0 radical (unpaired) electrons. The first-order valence-electron chi connectivity index (χ1n) is 24.0. The van der Waals surface area contributed by atoms with Crippen molar-refractivity contribution in [1.82, 2.24) is 40.0 Å². The predicted octanol–water partition coefficient (Wildman–Crippen LogP) is 8.51. The molecule has 2 saturated carbocycles. The number of methoxy groups -OCH3 is 2. The number of fused-ring (bicyclic) bond motifs is 3. The molecule has 10 rings (SSSR count). The van der Waals surface area contributed by atoms with E-state index in [1.807, 2.05) is 36.0 Å². The molecule has 15 heteroatoms. The molecule has 15 nitrogen and oxygen atoms in total. The van der Waals surface area contributed by atoms with Crippen LogP contribution in [0.2, 0.25) is 0 Å². The van der Waals surface area contributed by atoms with Gasteiger partial charge in [-0.05, 0) is 114 Å². The SMILES string of the molecule is COC(=O)N[C@H](C(=O)N1[C@H](c2ncc(-c3ccc(-c4ccc5cc(-c6cnc([C@@H]7CC8(CC8)CN7C(=O)[C@H](C7CCOCC7)N(C)C(=O)OC)[nH]6)ccc5c4)cc3)[nH]2)[C@H]2CC(C)[C@@H]1C2)C(C)C. The van der Waals surface area contributed by atoms with Crippen molar-refractivity contribution in [3.05, 3.63) is 84.7 Å². The molecular formula is C52H62N8O7. The van der Waals surface area contributed by atoms with E-state index in [9.17, 15) is 19.2 Å². The summed E-state index contributed by atoms with van der Waals surface area (Å²) in [4.78, 5) is 76.1. The van der Waals surface area contributed by atoms with E-state index in [-0.39, 0.29) is 53.1 Å². The number of carbonyl (C=O) groups is 4. The number of likely N-dealkylation sites (N-methyl/N-ethyl adjacent to an activating group) is 1. The topological polar surface area (TPSA) is 175 Å². The van der Waals surface area contributed by atoms with Crippen LogP contribution in [0.1, 0.15) is 89.4 Å². The summed E-state index contributed by atoms with van der Waals surface area (Å²) in [5, 5.41) is 4.99. The number of nitrogens with zero attached hydrogens (tertiary/aromatic N) is 5. The Morgan fingerprint density at radius 2 is 1.45 bits per heavy atom. The van der Waals surface area contributed by atoms with Gasteiger partial charge in [-0.15, -0.1) is 0 Å². The highest BCUT2D eigenvalue weighted by molar-refractivity contribution is 5.91. The summed E-state index contributed by atoms with van der Waals surface area (Å²) in [5.41, 5.74) is 6.07. The number of carbonyl (C=O) groups excluding carboxylic acids is 4. The molecule has 3 aromatic carbocycles. The Hall–Kier alpha value is -6.22. The van der Waals surface area contributed by atoms with Crippen LogP contribution in [0.15, 0.2) is 73.1 Å². The highest BCUT2D eigenvalue weighted by Crippen LogP contribution is 2.59. The maximum Gasteiger partial charge on any atom is 0.409 e. The van der Waals surface area contributed by atoms with Crippen molar-refractivity contribution >= 4 is 34.8 Å². The molecule has 4 amide bonds. The Balaban J connectivity index is 0.840. The van der Waals surface area contributed by atoms with Gasteiger partial charge in [-0.3, -0.25) is 14.5 Å². The largest absolute Gasteiger partial charge is 0.453 e. The zero-order chi connectivity index (χ0) is 46.7. The molecule has 3 saturated heterocycles. The van der Waals surface area contributed by atoms with E-state index in [0.29, 0.717) is 38.5 Å². The molecule has 352 valence electrons. The minimum absolute atomic E-state index is 0.0141. The highest BCUT2D eigenvalue weighted by atomic mass is 16.5. The van der Waals surface area contributed by atoms with Gasteiger partial charge >= 0.3 is 12.2 Å². The van der Waals surface area contributed by atoms with Gasteiger partial charge in [0.1, 0.15) is 23.7 Å². The fourth-order valence-electron chi connectivity index (χ4n) is 11.8. The molecule has 5 aliphatic rings. The standard InChI is InChI=1S/C52H62N8O7/c1-29(2)43(57-50(63)65-5)48(61)60-41-24-38(21-30(41)3)44(60)47-54-26-39(56-47)32-9-7-31(8-10-32)34-11-12-36-23-37(14-13-35(36)22-34)40-27-53-46(55-40)42-25-52(17-18-52)28-59(42)49(62)45(58(4)51(64)66-6)33-15-19-67-20-16-33/h7-14,22-23,26-27,29-30,33,38,41-45H,15-21,24-25,28H2,1-6H3,(H,53,55)(H,54,56)(H,57,63)/t30?,38-,41-,42-,43-,44-,45-/m0/s1. The monoisotopic (exact) mass is 910 g/mol. The average molecular weight is 911 g/mol. The lowest BCUT2D eigenvalue weighted by molar-refractivity contribution is -0.141. The van der Waals surface area contributed by atoms with Gasteiger partial charge in [-0.1, -0.05) is 69.3 Å². The zero-order valence-corrected chi connectivity index (χ0v) is 39.3. The third kappa shape index (κ3) is 8.33. The summed E-state index contributed by atoms with van der Waals surface area (Å²) < 4.78 is 15.6. The Morgan fingerprint density at radius 1 is 0.821 bits per heavy atom. The van der Waals surface area contributed by atoms with Crippen molar-refractivity contribution in [2.75, 3.05) is 41.0 Å². The van der Waals surface area contributed by atoms with E-state index < -0.39 is 24.3 Å². The van der Waals surface area contributed by atoms with Crippen LogP contribution in [0.25, 0.3) is 44.4 Å². The Bertz CT molecular complexity index is 2670. The number of H-pyrrole nitrogens is 2. The zero-order valence-electron chi connectivity index (χ0n) is 39.3. The lowest BCUT2D eigenvalue weighted by atomic mass is 9.89. The van der Waals surface area contributed by atoms with Crippen LogP contribution in [0.4, 0.5) is 9.59 Å². The molecule has 7 atom stereocenters. The van der Waals surface area contributed by atoms with E-state index in [2.05, 4.69) is 82.9 Å². The van der Waals surface area contributed by atoms with Crippen molar-refractivity contribution in [1.29, 1.82) is 0 Å². The van der Waals surface area contributed by atoms with Crippen molar-refractivity contribution < 1.29 is 33.4 Å². The second kappa shape index (κ2) is 17.8. The van der Waals surface area contributed by atoms with Gasteiger partial charge in [0.15, 0.2) is 0 Å². The van der Waals surface area contributed by atoms with Crippen LogP contribution in [-0.4, -0.2) is 118 Å². The van der Waals surface area contributed by atoms with Crippen molar-refractivity contribution in [2.45, 2.75) is 95.9 Å². The van der Waals surface area contributed by atoms with Gasteiger partial charge < -0.3 is 39.3 Å². The number of amides is 4. The molecule has 2 bridgehead atoms. The predicted molar refractivity (Wildman–Crippen MR) is 252 cm³/mol. The maximum atomic E-state index is 14.6. The number of likely N-dealkylation sites (tertiary alicyclic amines) is 2.